The number of amides is 2. The van der Waals surface area contributed by atoms with Gasteiger partial charge in [-0.05, 0) is 61.2 Å². The van der Waals surface area contributed by atoms with E-state index < -0.39 is 6.04 Å². The maximum Gasteiger partial charge on any atom is 0.258 e. The maximum atomic E-state index is 14.0. The molecule has 1 aliphatic rings. The fourth-order valence-corrected chi connectivity index (χ4v) is 3.80. The molecular weight excluding hydrogens is 383 g/mol. The van der Waals surface area contributed by atoms with E-state index in [1.165, 1.54) is 12.1 Å². The molecule has 1 heterocycles. The fourth-order valence-electron chi connectivity index (χ4n) is 3.80. The van der Waals surface area contributed by atoms with Gasteiger partial charge in [-0.1, -0.05) is 32.0 Å². The van der Waals surface area contributed by atoms with Gasteiger partial charge in [-0.3, -0.25) is 9.59 Å². The van der Waals surface area contributed by atoms with Crippen LogP contribution in [0.15, 0.2) is 42.5 Å². The average molecular weight is 413 g/mol. The molecule has 0 spiro atoms. The van der Waals surface area contributed by atoms with E-state index in [4.69, 9.17) is 4.74 Å². The second-order valence-corrected chi connectivity index (χ2v) is 8.27. The number of halogens is 1. The predicted molar refractivity (Wildman–Crippen MR) is 114 cm³/mol. The highest BCUT2D eigenvalue weighted by molar-refractivity contribution is 5.80. The van der Waals surface area contributed by atoms with Crippen molar-refractivity contribution in [3.63, 3.8) is 0 Å². The minimum atomic E-state index is -0.396. The van der Waals surface area contributed by atoms with Gasteiger partial charge in [0.2, 0.25) is 5.91 Å². The molecule has 0 bridgehead atoms. The van der Waals surface area contributed by atoms with E-state index in [1.54, 1.807) is 6.07 Å². The molecular formula is C24H29FN2O3. The van der Waals surface area contributed by atoms with Crippen LogP contribution in [0.1, 0.15) is 50.4 Å². The monoisotopic (exact) mass is 412 g/mol. The molecule has 0 radical (unpaired) electrons. The quantitative estimate of drug-likeness (QED) is 0.784. The molecule has 2 amide bonds. The lowest BCUT2D eigenvalue weighted by Gasteiger charge is -2.39. The van der Waals surface area contributed by atoms with Crippen LogP contribution in [-0.4, -0.2) is 35.9 Å². The smallest absolute Gasteiger partial charge is 0.258 e. The Kier molecular flexibility index (Phi) is 6.75. The number of nitrogens with zero attached hydrogens (tertiary/aromatic N) is 1. The Morgan fingerprint density at radius 3 is 2.60 bits per heavy atom. The zero-order chi connectivity index (χ0) is 21.8. The number of fused-ring (bicyclic) bond motifs is 1. The van der Waals surface area contributed by atoms with Crippen LogP contribution in [0.2, 0.25) is 0 Å². The summed E-state index contributed by atoms with van der Waals surface area (Å²) in [7, 11) is 0. The van der Waals surface area contributed by atoms with Crippen LogP contribution in [0, 0.1) is 11.7 Å². The van der Waals surface area contributed by atoms with Crippen molar-refractivity contribution in [2.75, 3.05) is 13.2 Å². The SMILES string of the molecule is CC(C)NC(=O)COc1ccc2c(c1)[C@@H](c1cccc(F)c1)N(C(=O)C(C)C)CC2. The minimum Gasteiger partial charge on any atom is -0.484 e. The van der Waals surface area contributed by atoms with E-state index in [1.807, 2.05) is 56.9 Å². The molecule has 5 nitrogen and oxygen atoms in total. The normalized spacial score (nSPS) is 15.8. The van der Waals surface area contributed by atoms with Crippen LogP contribution in [0.25, 0.3) is 0 Å². The Morgan fingerprint density at radius 1 is 1.17 bits per heavy atom. The summed E-state index contributed by atoms with van der Waals surface area (Å²) >= 11 is 0. The van der Waals surface area contributed by atoms with E-state index in [0.29, 0.717) is 18.7 Å². The Balaban J connectivity index is 1.95. The molecule has 0 unspecified atom stereocenters. The van der Waals surface area contributed by atoms with Gasteiger partial charge in [-0.25, -0.2) is 4.39 Å². The lowest BCUT2D eigenvalue weighted by Crippen LogP contribution is -2.42. The largest absolute Gasteiger partial charge is 0.484 e. The van der Waals surface area contributed by atoms with Gasteiger partial charge in [-0.15, -0.1) is 0 Å². The van der Waals surface area contributed by atoms with Crippen LogP contribution >= 0.6 is 0 Å². The summed E-state index contributed by atoms with van der Waals surface area (Å²) < 4.78 is 19.7. The highest BCUT2D eigenvalue weighted by Gasteiger charge is 2.33. The topological polar surface area (TPSA) is 58.6 Å². The summed E-state index contributed by atoms with van der Waals surface area (Å²) in [6.45, 7) is 8.00. The van der Waals surface area contributed by atoms with Crippen LogP contribution < -0.4 is 10.1 Å². The van der Waals surface area contributed by atoms with Crippen LogP contribution in [0.3, 0.4) is 0 Å². The van der Waals surface area contributed by atoms with E-state index in [0.717, 1.165) is 16.7 Å². The molecule has 6 heteroatoms. The molecule has 160 valence electrons. The zero-order valence-corrected chi connectivity index (χ0v) is 17.9. The number of nitrogens with one attached hydrogen (secondary N) is 1. The van der Waals surface area contributed by atoms with Crippen molar-refractivity contribution in [1.82, 2.24) is 10.2 Å². The second kappa shape index (κ2) is 9.28. The van der Waals surface area contributed by atoms with Crippen molar-refractivity contribution in [3.05, 3.63) is 65.0 Å². The third kappa shape index (κ3) is 4.99. The van der Waals surface area contributed by atoms with Gasteiger partial charge in [0, 0.05) is 18.5 Å². The van der Waals surface area contributed by atoms with E-state index in [9.17, 15) is 14.0 Å². The van der Waals surface area contributed by atoms with E-state index in [2.05, 4.69) is 5.32 Å². The highest BCUT2D eigenvalue weighted by atomic mass is 19.1. The first kappa shape index (κ1) is 21.8. The molecule has 2 aromatic rings. The number of benzene rings is 2. The second-order valence-electron chi connectivity index (χ2n) is 8.27. The first-order valence-electron chi connectivity index (χ1n) is 10.4. The summed E-state index contributed by atoms with van der Waals surface area (Å²) in [4.78, 5) is 26.7. The molecule has 0 saturated carbocycles. The summed E-state index contributed by atoms with van der Waals surface area (Å²) in [5.41, 5.74) is 2.72. The molecule has 0 fully saturated rings. The molecule has 1 aliphatic heterocycles. The third-order valence-corrected chi connectivity index (χ3v) is 5.11. The molecule has 1 N–H and O–H groups in total. The van der Waals surface area contributed by atoms with E-state index in [-0.39, 0.29) is 36.2 Å². The van der Waals surface area contributed by atoms with Crippen molar-refractivity contribution in [2.45, 2.75) is 46.2 Å². The van der Waals surface area contributed by atoms with Crippen molar-refractivity contribution in [2.24, 2.45) is 5.92 Å². The first-order valence-corrected chi connectivity index (χ1v) is 10.4. The molecule has 2 aromatic carbocycles. The summed E-state index contributed by atoms with van der Waals surface area (Å²) in [5.74, 6) is -0.123. The van der Waals surface area contributed by atoms with Crippen LogP contribution in [0.4, 0.5) is 4.39 Å². The summed E-state index contributed by atoms with van der Waals surface area (Å²) in [5, 5.41) is 2.79. The van der Waals surface area contributed by atoms with Gasteiger partial charge in [0.05, 0.1) is 6.04 Å². The lowest BCUT2D eigenvalue weighted by atomic mass is 9.87. The number of hydrogen-bond acceptors (Lipinski definition) is 3. The Labute approximate surface area is 177 Å². The predicted octanol–water partition coefficient (Wildman–Crippen LogP) is 3.86. The van der Waals surface area contributed by atoms with Gasteiger partial charge in [0.25, 0.3) is 5.91 Å². The molecule has 30 heavy (non-hydrogen) atoms. The average Bonchev–Trinajstić information content (AvgIpc) is 2.70. The molecule has 0 aliphatic carbocycles. The Bertz CT molecular complexity index is 926. The molecule has 3 rings (SSSR count). The number of ether oxygens (including phenoxy) is 1. The number of carbonyl (C=O) groups is 2. The highest BCUT2D eigenvalue weighted by Crippen LogP contribution is 2.38. The van der Waals surface area contributed by atoms with Gasteiger partial charge in [0.1, 0.15) is 11.6 Å². The van der Waals surface area contributed by atoms with Crippen LogP contribution in [0.5, 0.6) is 5.75 Å². The molecule has 0 aromatic heterocycles. The van der Waals surface area contributed by atoms with E-state index >= 15 is 0 Å². The van der Waals surface area contributed by atoms with Crippen LogP contribution in [-0.2, 0) is 16.0 Å². The number of carbonyl (C=O) groups excluding carboxylic acids is 2. The minimum absolute atomic E-state index is 0.0255. The molecule has 0 saturated heterocycles. The lowest BCUT2D eigenvalue weighted by molar-refractivity contribution is -0.136. The van der Waals surface area contributed by atoms with Crippen molar-refractivity contribution < 1.29 is 18.7 Å². The Hall–Kier alpha value is -2.89. The third-order valence-electron chi connectivity index (χ3n) is 5.11. The van der Waals surface area contributed by atoms with Gasteiger partial charge in [0.15, 0.2) is 6.61 Å². The summed E-state index contributed by atoms with van der Waals surface area (Å²) in [6, 6.07) is 11.7. The van der Waals surface area contributed by atoms with Gasteiger partial charge in [-0.2, -0.15) is 0 Å². The van der Waals surface area contributed by atoms with Crippen molar-refractivity contribution in [3.8, 4) is 5.75 Å². The van der Waals surface area contributed by atoms with Gasteiger partial charge >= 0.3 is 0 Å². The molecule has 1 atom stereocenters. The first-order chi connectivity index (χ1) is 14.3. The maximum absolute atomic E-state index is 14.0. The van der Waals surface area contributed by atoms with Crippen molar-refractivity contribution in [1.29, 1.82) is 0 Å². The number of rotatable bonds is 6. The fraction of sp³-hybridized carbons (Fsp3) is 0.417. The summed E-state index contributed by atoms with van der Waals surface area (Å²) in [6.07, 6.45) is 0.716. The van der Waals surface area contributed by atoms with Crippen molar-refractivity contribution >= 4 is 11.8 Å². The standard InChI is InChI=1S/C24H29FN2O3/c1-15(2)24(29)27-11-10-17-8-9-20(30-14-22(28)26-16(3)4)13-21(17)23(27)18-6-5-7-19(25)12-18/h5-9,12-13,15-16,23H,10-11,14H2,1-4H3,(H,26,28)/t23-/m1/s1. The number of hydrogen-bond donors (Lipinski definition) is 1. The van der Waals surface area contributed by atoms with Gasteiger partial charge < -0.3 is 15.0 Å². The zero-order valence-electron chi connectivity index (χ0n) is 17.9. The Morgan fingerprint density at radius 2 is 1.93 bits per heavy atom.